The van der Waals surface area contributed by atoms with Gasteiger partial charge in [-0.3, -0.25) is 4.98 Å². The van der Waals surface area contributed by atoms with Gasteiger partial charge in [0.1, 0.15) is 7.05 Å². The Balaban J connectivity index is 2.15. The lowest BCUT2D eigenvalue weighted by molar-refractivity contribution is -0.660. The fraction of sp³-hybridized carbons (Fsp3) is 0.333. The quantitative estimate of drug-likeness (QED) is 0.577. The molecule has 0 spiro atoms. The van der Waals surface area contributed by atoms with Crippen LogP contribution in [-0.2, 0) is 17.9 Å². The molecule has 0 N–H and O–H groups in total. The van der Waals surface area contributed by atoms with Crippen LogP contribution in [0.25, 0.3) is 11.3 Å². The molecule has 2 nitrogen and oxygen atoms in total. The molecule has 132 valence electrons. The number of fused-ring (bicyclic) bond motifs is 2. The predicted octanol–water partition coefficient (Wildman–Crippen LogP) is 4.85. The lowest BCUT2D eigenvalue weighted by Crippen LogP contribution is -2.39. The van der Waals surface area contributed by atoms with E-state index in [1.807, 2.05) is 6.20 Å². The molecule has 0 amide bonds. The smallest absolute Gasteiger partial charge is 0.212 e. The fourth-order valence-corrected chi connectivity index (χ4v) is 4.66. The summed E-state index contributed by atoms with van der Waals surface area (Å²) in [5.74, 6) is 0. The Kier molecular flexibility index (Phi) is 3.59. The van der Waals surface area contributed by atoms with Crippen molar-refractivity contribution >= 4 is 0 Å². The second kappa shape index (κ2) is 5.51. The molecule has 1 aliphatic carbocycles. The Morgan fingerprint density at radius 3 is 2.35 bits per heavy atom. The number of aryl methyl sites for hydroxylation is 2. The first kappa shape index (κ1) is 17.0. The average molecular weight is 343 g/mol. The molecule has 2 heterocycles. The topological polar surface area (TPSA) is 16.8 Å². The maximum Gasteiger partial charge on any atom is 0.212 e. The van der Waals surface area contributed by atoms with E-state index in [-0.39, 0.29) is 10.8 Å². The van der Waals surface area contributed by atoms with Crippen LogP contribution in [0.5, 0.6) is 0 Å². The lowest BCUT2D eigenvalue weighted by atomic mass is 9.60. The van der Waals surface area contributed by atoms with Gasteiger partial charge in [-0.15, -0.1) is 0 Å². The molecule has 2 aromatic heterocycles. The summed E-state index contributed by atoms with van der Waals surface area (Å²) in [7, 11) is 2.13. The van der Waals surface area contributed by atoms with Crippen LogP contribution in [0.1, 0.15) is 55.6 Å². The molecule has 0 bridgehead atoms. The fourth-order valence-electron chi connectivity index (χ4n) is 4.66. The molecular weight excluding hydrogens is 316 g/mol. The standard InChI is InChI=1S/C24H27N2/c1-16-12-13-17-21(20(16)19-11-7-8-15-26(19)6)24(4,5)22-18(23(17,2)3)10-9-14-25-22/h7-15H,1-6H3/q+1. The highest BCUT2D eigenvalue weighted by Gasteiger charge is 2.45. The summed E-state index contributed by atoms with van der Waals surface area (Å²) in [6.45, 7) is 11.5. The summed E-state index contributed by atoms with van der Waals surface area (Å²) >= 11 is 0. The molecule has 3 aromatic rings. The van der Waals surface area contributed by atoms with E-state index in [0.717, 1.165) is 0 Å². The van der Waals surface area contributed by atoms with Crippen molar-refractivity contribution in [3.8, 4) is 11.3 Å². The number of hydrogen-bond acceptors (Lipinski definition) is 1. The number of pyridine rings is 2. The lowest BCUT2D eigenvalue weighted by Gasteiger charge is -2.43. The first-order valence-electron chi connectivity index (χ1n) is 9.32. The number of hydrogen-bond donors (Lipinski definition) is 0. The van der Waals surface area contributed by atoms with Gasteiger partial charge in [0.2, 0.25) is 5.69 Å². The second-order valence-electron chi connectivity index (χ2n) is 8.53. The summed E-state index contributed by atoms with van der Waals surface area (Å²) in [6.07, 6.45) is 4.06. The molecule has 0 saturated heterocycles. The zero-order chi connectivity index (χ0) is 18.7. The van der Waals surface area contributed by atoms with Crippen LogP contribution in [-0.4, -0.2) is 4.98 Å². The van der Waals surface area contributed by atoms with Crippen LogP contribution in [0.4, 0.5) is 0 Å². The Bertz CT molecular complexity index is 1010. The van der Waals surface area contributed by atoms with Crippen LogP contribution in [0.3, 0.4) is 0 Å². The normalized spacial score (nSPS) is 16.7. The van der Waals surface area contributed by atoms with Crippen molar-refractivity contribution in [1.82, 2.24) is 4.98 Å². The molecule has 26 heavy (non-hydrogen) atoms. The van der Waals surface area contributed by atoms with E-state index < -0.39 is 0 Å². The SMILES string of the molecule is Cc1ccc2c(c1-c1cccc[n+]1C)C(C)(C)c1ncccc1C2(C)C. The number of benzene rings is 1. The largest absolute Gasteiger partial charge is 0.260 e. The van der Waals surface area contributed by atoms with Crippen LogP contribution < -0.4 is 4.57 Å². The summed E-state index contributed by atoms with van der Waals surface area (Å²) in [4.78, 5) is 4.85. The highest BCUT2D eigenvalue weighted by Crippen LogP contribution is 2.51. The van der Waals surface area contributed by atoms with Crippen molar-refractivity contribution in [1.29, 1.82) is 0 Å². The number of aromatic nitrogens is 2. The molecule has 1 aliphatic rings. The third kappa shape index (κ3) is 2.18. The van der Waals surface area contributed by atoms with E-state index in [9.17, 15) is 0 Å². The van der Waals surface area contributed by atoms with Crippen molar-refractivity contribution in [3.63, 3.8) is 0 Å². The van der Waals surface area contributed by atoms with Gasteiger partial charge in [0, 0.05) is 29.2 Å². The second-order valence-corrected chi connectivity index (χ2v) is 8.53. The summed E-state index contributed by atoms with van der Waals surface area (Å²) in [5, 5.41) is 0. The van der Waals surface area contributed by atoms with Crippen LogP contribution >= 0.6 is 0 Å². The van der Waals surface area contributed by atoms with Gasteiger partial charge in [0.05, 0.1) is 11.3 Å². The molecular formula is C24H27N2+. The van der Waals surface area contributed by atoms with Gasteiger partial charge in [-0.05, 0) is 41.3 Å². The van der Waals surface area contributed by atoms with Crippen molar-refractivity contribution < 1.29 is 4.57 Å². The van der Waals surface area contributed by atoms with Gasteiger partial charge in [-0.25, -0.2) is 4.57 Å². The number of rotatable bonds is 1. The van der Waals surface area contributed by atoms with E-state index >= 15 is 0 Å². The molecule has 1 aromatic carbocycles. The van der Waals surface area contributed by atoms with E-state index in [1.165, 1.54) is 39.2 Å². The first-order valence-corrected chi connectivity index (χ1v) is 9.32. The highest BCUT2D eigenvalue weighted by atomic mass is 14.9. The van der Waals surface area contributed by atoms with E-state index in [2.05, 4.69) is 94.9 Å². The minimum absolute atomic E-state index is 0.0652. The van der Waals surface area contributed by atoms with Gasteiger partial charge < -0.3 is 0 Å². The van der Waals surface area contributed by atoms with Gasteiger partial charge in [-0.2, -0.15) is 0 Å². The Morgan fingerprint density at radius 1 is 0.846 bits per heavy atom. The minimum atomic E-state index is -0.147. The van der Waals surface area contributed by atoms with E-state index in [4.69, 9.17) is 4.98 Å². The number of nitrogens with zero attached hydrogens (tertiary/aromatic N) is 2. The van der Waals surface area contributed by atoms with Gasteiger partial charge >= 0.3 is 0 Å². The van der Waals surface area contributed by atoms with Crippen LogP contribution in [0.15, 0.2) is 54.9 Å². The summed E-state index contributed by atoms with van der Waals surface area (Å²) < 4.78 is 2.22. The molecule has 0 radical (unpaired) electrons. The molecule has 0 atom stereocenters. The third-order valence-corrected chi connectivity index (χ3v) is 6.10. The summed E-state index contributed by atoms with van der Waals surface area (Å²) in [5.41, 5.74) is 9.06. The molecule has 2 heteroatoms. The maximum atomic E-state index is 4.85. The molecule has 0 fully saturated rings. The Hall–Kier alpha value is -2.48. The minimum Gasteiger partial charge on any atom is -0.260 e. The van der Waals surface area contributed by atoms with Crippen molar-refractivity contribution in [2.45, 2.75) is 45.4 Å². The van der Waals surface area contributed by atoms with Crippen LogP contribution in [0, 0.1) is 6.92 Å². The summed E-state index contributed by atoms with van der Waals surface area (Å²) in [6, 6.07) is 15.3. The molecule has 0 saturated carbocycles. The Morgan fingerprint density at radius 2 is 1.62 bits per heavy atom. The zero-order valence-corrected chi connectivity index (χ0v) is 16.6. The third-order valence-electron chi connectivity index (χ3n) is 6.10. The van der Waals surface area contributed by atoms with Crippen molar-refractivity contribution in [2.75, 3.05) is 0 Å². The van der Waals surface area contributed by atoms with Gasteiger partial charge in [0.15, 0.2) is 6.20 Å². The molecule has 4 rings (SSSR count). The average Bonchev–Trinajstić information content (AvgIpc) is 2.61. The predicted molar refractivity (Wildman–Crippen MR) is 106 cm³/mol. The monoisotopic (exact) mass is 343 g/mol. The first-order chi connectivity index (χ1) is 12.3. The van der Waals surface area contributed by atoms with Crippen molar-refractivity contribution in [3.05, 3.63) is 82.8 Å². The molecule has 0 aliphatic heterocycles. The zero-order valence-electron chi connectivity index (χ0n) is 16.6. The molecule has 0 unspecified atom stereocenters. The highest BCUT2D eigenvalue weighted by molar-refractivity contribution is 5.74. The van der Waals surface area contributed by atoms with E-state index in [0.29, 0.717) is 0 Å². The van der Waals surface area contributed by atoms with Crippen LogP contribution in [0.2, 0.25) is 0 Å². The van der Waals surface area contributed by atoms with E-state index in [1.54, 1.807) is 0 Å². The van der Waals surface area contributed by atoms with Gasteiger partial charge in [0.25, 0.3) is 0 Å². The van der Waals surface area contributed by atoms with Crippen molar-refractivity contribution in [2.24, 2.45) is 7.05 Å². The Labute approximate surface area is 156 Å². The maximum absolute atomic E-state index is 4.85. The van der Waals surface area contributed by atoms with Gasteiger partial charge in [-0.1, -0.05) is 45.9 Å².